The summed E-state index contributed by atoms with van der Waals surface area (Å²) in [5.41, 5.74) is 1.66. The highest BCUT2D eigenvalue weighted by atomic mass is 16.5. The van der Waals surface area contributed by atoms with Crippen LogP contribution in [-0.4, -0.2) is 25.2 Å². The van der Waals surface area contributed by atoms with E-state index < -0.39 is 0 Å². The average molecular weight is 264 g/mol. The van der Waals surface area contributed by atoms with Crippen LogP contribution in [0.3, 0.4) is 0 Å². The van der Waals surface area contributed by atoms with Gasteiger partial charge in [0.1, 0.15) is 0 Å². The zero-order valence-corrected chi connectivity index (χ0v) is 11.2. The van der Waals surface area contributed by atoms with Gasteiger partial charge in [-0.2, -0.15) is 0 Å². The molecule has 0 radical (unpaired) electrons. The summed E-state index contributed by atoms with van der Waals surface area (Å²) in [5.74, 6) is -0.297. The van der Waals surface area contributed by atoms with E-state index in [1.54, 1.807) is 0 Å². The molecule has 0 aromatic heterocycles. The summed E-state index contributed by atoms with van der Waals surface area (Å²) in [4.78, 5) is 22.4. The van der Waals surface area contributed by atoms with Crippen molar-refractivity contribution in [3.63, 3.8) is 0 Å². The third-order valence-electron chi connectivity index (χ3n) is 3.42. The van der Waals surface area contributed by atoms with Crippen LogP contribution in [0, 0.1) is 0 Å². The molecular weight excluding hydrogens is 244 g/mol. The van der Waals surface area contributed by atoms with Crippen molar-refractivity contribution in [1.29, 1.82) is 0 Å². The Hall–Kier alpha value is -1.58. The fourth-order valence-electron chi connectivity index (χ4n) is 2.29. The summed E-state index contributed by atoms with van der Waals surface area (Å²) in [5, 5.41) is 0. The van der Waals surface area contributed by atoms with Crippen LogP contribution in [-0.2, 0) is 19.1 Å². The quantitative estimate of drug-likeness (QED) is 0.420. The Morgan fingerprint density at radius 1 is 0.789 bits per heavy atom. The molecular formula is C15H20O4. The van der Waals surface area contributed by atoms with Gasteiger partial charge in [0.05, 0.1) is 13.2 Å². The van der Waals surface area contributed by atoms with Crippen LogP contribution in [0.2, 0.25) is 0 Å². The number of carbonyl (C=O) groups excluding carboxylic acids is 2. The SMILES string of the molecule is O=C1OCC/C1=C\CCCCC/C=C1\CCOC1=O. The molecule has 104 valence electrons. The summed E-state index contributed by atoms with van der Waals surface area (Å²) in [6, 6.07) is 0. The van der Waals surface area contributed by atoms with Gasteiger partial charge in [0.2, 0.25) is 0 Å². The molecule has 0 aliphatic carbocycles. The van der Waals surface area contributed by atoms with Crippen molar-refractivity contribution >= 4 is 11.9 Å². The molecule has 2 heterocycles. The first-order valence-corrected chi connectivity index (χ1v) is 6.99. The predicted octanol–water partition coefficient (Wildman–Crippen LogP) is 2.68. The lowest BCUT2D eigenvalue weighted by molar-refractivity contribution is -0.135. The number of esters is 2. The molecule has 0 saturated carbocycles. The largest absolute Gasteiger partial charge is 0.462 e. The Morgan fingerprint density at radius 3 is 1.63 bits per heavy atom. The molecule has 0 spiro atoms. The van der Waals surface area contributed by atoms with E-state index in [1.807, 2.05) is 12.2 Å². The van der Waals surface area contributed by atoms with Gasteiger partial charge in [0, 0.05) is 24.0 Å². The molecule has 0 unspecified atom stereocenters. The minimum absolute atomic E-state index is 0.149. The van der Waals surface area contributed by atoms with Crippen molar-refractivity contribution in [3.8, 4) is 0 Å². The molecule has 19 heavy (non-hydrogen) atoms. The Kier molecular flexibility index (Phi) is 5.19. The van der Waals surface area contributed by atoms with Crippen molar-refractivity contribution in [2.24, 2.45) is 0 Å². The van der Waals surface area contributed by atoms with Crippen LogP contribution in [0.15, 0.2) is 23.3 Å². The molecule has 2 saturated heterocycles. The van der Waals surface area contributed by atoms with E-state index >= 15 is 0 Å². The third-order valence-corrected chi connectivity index (χ3v) is 3.42. The van der Waals surface area contributed by atoms with E-state index in [0.29, 0.717) is 13.2 Å². The van der Waals surface area contributed by atoms with Crippen LogP contribution in [0.5, 0.6) is 0 Å². The summed E-state index contributed by atoms with van der Waals surface area (Å²) in [6.07, 6.45) is 10.6. The number of rotatable bonds is 6. The van der Waals surface area contributed by atoms with E-state index in [2.05, 4.69) is 0 Å². The van der Waals surface area contributed by atoms with Crippen molar-refractivity contribution in [2.75, 3.05) is 13.2 Å². The molecule has 0 aromatic rings. The third kappa shape index (κ3) is 4.23. The van der Waals surface area contributed by atoms with Gasteiger partial charge in [-0.15, -0.1) is 0 Å². The summed E-state index contributed by atoms with van der Waals surface area (Å²) >= 11 is 0. The molecule has 0 amide bonds. The maximum atomic E-state index is 11.2. The van der Waals surface area contributed by atoms with E-state index in [0.717, 1.165) is 56.1 Å². The highest BCUT2D eigenvalue weighted by Gasteiger charge is 2.18. The normalized spacial score (nSPS) is 23.2. The maximum absolute atomic E-state index is 11.2. The number of carbonyl (C=O) groups is 2. The first-order chi connectivity index (χ1) is 9.27. The van der Waals surface area contributed by atoms with Crippen molar-refractivity contribution in [2.45, 2.75) is 44.9 Å². The van der Waals surface area contributed by atoms with Gasteiger partial charge in [-0.25, -0.2) is 9.59 Å². The summed E-state index contributed by atoms with van der Waals surface area (Å²) in [6.45, 7) is 1.07. The number of hydrogen-bond acceptors (Lipinski definition) is 4. The average Bonchev–Trinajstić information content (AvgIpc) is 2.98. The number of hydrogen-bond donors (Lipinski definition) is 0. The van der Waals surface area contributed by atoms with Crippen molar-refractivity contribution < 1.29 is 19.1 Å². The summed E-state index contributed by atoms with van der Waals surface area (Å²) in [7, 11) is 0. The zero-order chi connectivity index (χ0) is 13.5. The first kappa shape index (κ1) is 13.8. The van der Waals surface area contributed by atoms with E-state index in [-0.39, 0.29) is 11.9 Å². The maximum Gasteiger partial charge on any atom is 0.333 e. The highest BCUT2D eigenvalue weighted by molar-refractivity contribution is 5.90. The minimum Gasteiger partial charge on any atom is -0.462 e. The second-order valence-electron chi connectivity index (χ2n) is 4.87. The fraction of sp³-hybridized carbons (Fsp3) is 0.600. The second-order valence-corrected chi connectivity index (χ2v) is 4.87. The molecule has 0 bridgehead atoms. The van der Waals surface area contributed by atoms with Gasteiger partial charge in [-0.05, 0) is 25.7 Å². The Morgan fingerprint density at radius 2 is 1.26 bits per heavy atom. The van der Waals surface area contributed by atoms with Gasteiger partial charge < -0.3 is 9.47 Å². The molecule has 2 aliphatic rings. The molecule has 2 rings (SSSR count). The van der Waals surface area contributed by atoms with Crippen LogP contribution in [0.4, 0.5) is 0 Å². The van der Waals surface area contributed by atoms with Crippen LogP contribution in [0.1, 0.15) is 44.9 Å². The van der Waals surface area contributed by atoms with Gasteiger partial charge in [-0.3, -0.25) is 0 Å². The Bertz CT molecular complexity index is 368. The van der Waals surface area contributed by atoms with E-state index in [1.165, 1.54) is 0 Å². The van der Waals surface area contributed by atoms with E-state index in [4.69, 9.17) is 9.47 Å². The summed E-state index contributed by atoms with van der Waals surface area (Å²) < 4.78 is 9.74. The van der Waals surface area contributed by atoms with Gasteiger partial charge in [0.15, 0.2) is 0 Å². The topological polar surface area (TPSA) is 52.6 Å². The van der Waals surface area contributed by atoms with Crippen LogP contribution >= 0.6 is 0 Å². The predicted molar refractivity (Wildman–Crippen MR) is 70.4 cm³/mol. The van der Waals surface area contributed by atoms with Crippen LogP contribution in [0.25, 0.3) is 0 Å². The lowest BCUT2D eigenvalue weighted by atomic mass is 10.1. The molecule has 0 N–H and O–H groups in total. The molecule has 0 atom stereocenters. The Balaban J connectivity index is 1.55. The smallest absolute Gasteiger partial charge is 0.333 e. The Labute approximate surface area is 113 Å². The monoisotopic (exact) mass is 264 g/mol. The van der Waals surface area contributed by atoms with E-state index in [9.17, 15) is 9.59 Å². The van der Waals surface area contributed by atoms with Gasteiger partial charge >= 0.3 is 11.9 Å². The number of ether oxygens (including phenoxy) is 2. The fourth-order valence-corrected chi connectivity index (χ4v) is 2.29. The number of allylic oxidation sites excluding steroid dienone is 2. The lowest BCUT2D eigenvalue weighted by Gasteiger charge is -1.97. The highest BCUT2D eigenvalue weighted by Crippen LogP contribution is 2.17. The lowest BCUT2D eigenvalue weighted by Crippen LogP contribution is -1.94. The van der Waals surface area contributed by atoms with Crippen LogP contribution < -0.4 is 0 Å². The molecule has 4 heteroatoms. The van der Waals surface area contributed by atoms with Crippen molar-refractivity contribution in [1.82, 2.24) is 0 Å². The molecule has 0 aromatic carbocycles. The first-order valence-electron chi connectivity index (χ1n) is 6.99. The minimum atomic E-state index is -0.149. The molecule has 4 nitrogen and oxygen atoms in total. The second kappa shape index (κ2) is 7.12. The molecule has 2 aliphatic heterocycles. The zero-order valence-electron chi connectivity index (χ0n) is 11.2. The van der Waals surface area contributed by atoms with Crippen molar-refractivity contribution in [3.05, 3.63) is 23.3 Å². The number of unbranched alkanes of at least 4 members (excludes halogenated alkanes) is 4. The van der Waals surface area contributed by atoms with Gasteiger partial charge in [0.25, 0.3) is 0 Å². The standard InChI is InChI=1S/C15H20O4/c16-14-12(8-10-18-14)6-4-2-1-3-5-7-13-9-11-19-15(13)17/h6-7H,1-5,8-11H2/b12-6+,13-7+. The number of cyclic esters (lactones) is 2. The molecule has 2 fully saturated rings. The van der Waals surface area contributed by atoms with Gasteiger partial charge in [-0.1, -0.05) is 18.6 Å².